The summed E-state index contributed by atoms with van der Waals surface area (Å²) in [4.78, 5) is 22.9. The molecule has 5 heteroatoms. The topological polar surface area (TPSA) is 78.4 Å². The minimum Gasteiger partial charge on any atom is -0.481 e. The van der Waals surface area contributed by atoms with Crippen molar-refractivity contribution in [2.24, 2.45) is 17.8 Å². The summed E-state index contributed by atoms with van der Waals surface area (Å²) in [6, 6.07) is -0.00532. The maximum absolute atomic E-state index is 11.5. The molecular formula is C15H28N2O3. The van der Waals surface area contributed by atoms with Crippen molar-refractivity contribution < 1.29 is 14.7 Å². The standard InChI is InChI=1S/C15H28N2O3/c1-5-10(6-2)13(17-9(3)18)11-7-8-12(15(19)20)14(11)16-4/h10-14,16H,5-8H2,1-4H3,(H,17,18)(H,19,20)/t11-,12+,13-,14+/m1/s1. The second-order valence-corrected chi connectivity index (χ2v) is 5.80. The summed E-state index contributed by atoms with van der Waals surface area (Å²) in [7, 11) is 1.82. The van der Waals surface area contributed by atoms with E-state index >= 15 is 0 Å². The summed E-state index contributed by atoms with van der Waals surface area (Å²) in [6.45, 7) is 5.79. The Hall–Kier alpha value is -1.10. The fourth-order valence-corrected chi connectivity index (χ4v) is 3.73. The van der Waals surface area contributed by atoms with E-state index in [-0.39, 0.29) is 29.8 Å². The zero-order valence-corrected chi connectivity index (χ0v) is 13.0. The Labute approximate surface area is 121 Å². The van der Waals surface area contributed by atoms with E-state index in [0.717, 1.165) is 19.3 Å². The number of carboxylic acids is 1. The third-order valence-electron chi connectivity index (χ3n) is 4.74. The van der Waals surface area contributed by atoms with E-state index < -0.39 is 5.97 Å². The molecule has 0 bridgehead atoms. The number of aliphatic carboxylic acids is 1. The van der Waals surface area contributed by atoms with Crippen molar-refractivity contribution in [2.75, 3.05) is 7.05 Å². The van der Waals surface area contributed by atoms with Gasteiger partial charge in [-0.05, 0) is 31.7 Å². The Kier molecular flexibility index (Phi) is 6.46. The van der Waals surface area contributed by atoms with Crippen molar-refractivity contribution in [1.82, 2.24) is 10.6 Å². The van der Waals surface area contributed by atoms with Gasteiger partial charge in [0.15, 0.2) is 0 Å². The van der Waals surface area contributed by atoms with Crippen LogP contribution >= 0.6 is 0 Å². The highest BCUT2D eigenvalue weighted by atomic mass is 16.4. The third-order valence-corrected chi connectivity index (χ3v) is 4.74. The van der Waals surface area contributed by atoms with Gasteiger partial charge in [0, 0.05) is 19.0 Å². The van der Waals surface area contributed by atoms with Crippen molar-refractivity contribution in [3.63, 3.8) is 0 Å². The Morgan fingerprint density at radius 3 is 2.25 bits per heavy atom. The highest BCUT2D eigenvalue weighted by Gasteiger charge is 2.44. The molecule has 1 rings (SSSR count). The van der Waals surface area contributed by atoms with Gasteiger partial charge < -0.3 is 15.7 Å². The second kappa shape index (κ2) is 7.62. The van der Waals surface area contributed by atoms with Gasteiger partial charge in [0.05, 0.1) is 5.92 Å². The summed E-state index contributed by atoms with van der Waals surface area (Å²) in [5, 5.41) is 15.6. The van der Waals surface area contributed by atoms with Crippen LogP contribution in [-0.4, -0.2) is 36.1 Å². The molecule has 0 unspecified atom stereocenters. The molecule has 5 nitrogen and oxygen atoms in total. The van der Waals surface area contributed by atoms with Gasteiger partial charge in [-0.2, -0.15) is 0 Å². The maximum atomic E-state index is 11.5. The van der Waals surface area contributed by atoms with Crippen LogP contribution in [0.25, 0.3) is 0 Å². The summed E-state index contributed by atoms with van der Waals surface area (Å²) >= 11 is 0. The number of carboxylic acid groups (broad SMARTS) is 1. The maximum Gasteiger partial charge on any atom is 0.308 e. The normalized spacial score (nSPS) is 27.6. The predicted molar refractivity (Wildman–Crippen MR) is 78.4 cm³/mol. The lowest BCUT2D eigenvalue weighted by Crippen LogP contribution is -2.51. The first kappa shape index (κ1) is 17.0. The molecule has 20 heavy (non-hydrogen) atoms. The molecule has 0 radical (unpaired) electrons. The van der Waals surface area contributed by atoms with Crippen molar-refractivity contribution in [1.29, 1.82) is 0 Å². The lowest BCUT2D eigenvalue weighted by atomic mass is 9.81. The Morgan fingerprint density at radius 2 is 1.85 bits per heavy atom. The second-order valence-electron chi connectivity index (χ2n) is 5.80. The Balaban J connectivity index is 2.94. The summed E-state index contributed by atoms with van der Waals surface area (Å²) in [6.07, 6.45) is 3.52. The molecule has 1 saturated carbocycles. The SMILES string of the molecule is CCC(CC)[C@@H](NC(C)=O)[C@H]1CC[C@H](C(=O)O)[C@H]1NC. The number of carbonyl (C=O) groups excluding carboxylic acids is 1. The summed E-state index contributed by atoms with van der Waals surface area (Å²) in [5.74, 6) is -0.536. The van der Waals surface area contributed by atoms with E-state index in [1.165, 1.54) is 6.92 Å². The van der Waals surface area contributed by atoms with Crippen LogP contribution in [0.2, 0.25) is 0 Å². The van der Waals surface area contributed by atoms with Crippen molar-refractivity contribution >= 4 is 11.9 Å². The zero-order chi connectivity index (χ0) is 15.3. The molecule has 4 atom stereocenters. The number of hydrogen-bond donors (Lipinski definition) is 3. The van der Waals surface area contributed by atoms with Gasteiger partial charge >= 0.3 is 5.97 Å². The van der Waals surface area contributed by atoms with Crippen LogP contribution < -0.4 is 10.6 Å². The number of carbonyl (C=O) groups is 2. The van der Waals surface area contributed by atoms with Crippen molar-refractivity contribution in [3.05, 3.63) is 0 Å². The largest absolute Gasteiger partial charge is 0.481 e. The van der Waals surface area contributed by atoms with E-state index in [2.05, 4.69) is 24.5 Å². The van der Waals surface area contributed by atoms with Gasteiger partial charge in [0.25, 0.3) is 0 Å². The van der Waals surface area contributed by atoms with Crippen LogP contribution in [0, 0.1) is 17.8 Å². The van der Waals surface area contributed by atoms with Crippen LogP contribution in [0.5, 0.6) is 0 Å². The average molecular weight is 284 g/mol. The van der Waals surface area contributed by atoms with Crippen LogP contribution in [0.4, 0.5) is 0 Å². The average Bonchev–Trinajstić information content (AvgIpc) is 2.82. The van der Waals surface area contributed by atoms with E-state index in [1.807, 2.05) is 7.05 Å². The molecule has 0 aromatic carbocycles. The van der Waals surface area contributed by atoms with Gasteiger partial charge in [-0.15, -0.1) is 0 Å². The summed E-state index contributed by atoms with van der Waals surface area (Å²) in [5.41, 5.74) is 0. The molecule has 0 heterocycles. The van der Waals surface area contributed by atoms with E-state index in [9.17, 15) is 14.7 Å². The molecule has 1 aliphatic rings. The van der Waals surface area contributed by atoms with Gasteiger partial charge in [-0.3, -0.25) is 9.59 Å². The molecule has 1 fully saturated rings. The first-order valence-electron chi connectivity index (χ1n) is 7.63. The summed E-state index contributed by atoms with van der Waals surface area (Å²) < 4.78 is 0. The first-order chi connectivity index (χ1) is 9.46. The number of hydrogen-bond acceptors (Lipinski definition) is 3. The van der Waals surface area contributed by atoms with E-state index in [4.69, 9.17) is 0 Å². The van der Waals surface area contributed by atoms with Gasteiger partial charge in [-0.25, -0.2) is 0 Å². The van der Waals surface area contributed by atoms with Crippen LogP contribution in [0.3, 0.4) is 0 Å². The lowest BCUT2D eigenvalue weighted by molar-refractivity contribution is -0.142. The van der Waals surface area contributed by atoms with E-state index in [0.29, 0.717) is 12.3 Å². The predicted octanol–water partition coefficient (Wildman–Crippen LogP) is 1.63. The minimum absolute atomic E-state index is 0.0319. The third kappa shape index (κ3) is 3.72. The highest BCUT2D eigenvalue weighted by molar-refractivity contribution is 5.73. The molecular weight excluding hydrogens is 256 g/mol. The molecule has 0 aromatic heterocycles. The van der Waals surface area contributed by atoms with Gasteiger partial charge in [-0.1, -0.05) is 26.7 Å². The molecule has 116 valence electrons. The van der Waals surface area contributed by atoms with Crippen LogP contribution in [-0.2, 0) is 9.59 Å². The minimum atomic E-state index is -0.738. The van der Waals surface area contributed by atoms with Crippen LogP contribution in [0.1, 0.15) is 46.5 Å². The van der Waals surface area contributed by atoms with Gasteiger partial charge in [0.1, 0.15) is 0 Å². The van der Waals surface area contributed by atoms with Gasteiger partial charge in [0.2, 0.25) is 5.91 Å². The monoisotopic (exact) mass is 284 g/mol. The zero-order valence-electron chi connectivity index (χ0n) is 13.0. The Morgan fingerprint density at radius 1 is 1.25 bits per heavy atom. The van der Waals surface area contributed by atoms with Crippen molar-refractivity contribution in [2.45, 2.75) is 58.5 Å². The molecule has 0 aliphatic heterocycles. The fraction of sp³-hybridized carbons (Fsp3) is 0.867. The van der Waals surface area contributed by atoms with Crippen LogP contribution in [0.15, 0.2) is 0 Å². The molecule has 0 aromatic rings. The molecule has 1 aliphatic carbocycles. The van der Waals surface area contributed by atoms with Crippen molar-refractivity contribution in [3.8, 4) is 0 Å². The molecule has 3 N–H and O–H groups in total. The smallest absolute Gasteiger partial charge is 0.308 e. The molecule has 0 spiro atoms. The van der Waals surface area contributed by atoms with E-state index in [1.54, 1.807) is 0 Å². The Bertz CT molecular complexity index is 342. The fourth-order valence-electron chi connectivity index (χ4n) is 3.73. The lowest BCUT2D eigenvalue weighted by Gasteiger charge is -2.35. The number of nitrogens with one attached hydrogen (secondary N) is 2. The molecule has 1 amide bonds. The number of amides is 1. The molecule has 0 saturated heterocycles. The number of rotatable bonds is 7. The highest BCUT2D eigenvalue weighted by Crippen LogP contribution is 2.37. The quantitative estimate of drug-likeness (QED) is 0.664. The first-order valence-corrected chi connectivity index (χ1v) is 7.63.